The quantitative estimate of drug-likeness (QED) is 0.622. The van der Waals surface area contributed by atoms with Crippen molar-refractivity contribution in [2.45, 2.75) is 6.54 Å². The molecule has 2 aromatic carbocycles. The van der Waals surface area contributed by atoms with Gasteiger partial charge in [-0.25, -0.2) is 4.79 Å². The van der Waals surface area contributed by atoms with Crippen LogP contribution < -0.4 is 0 Å². The molecule has 3 rings (SSSR count). The molecule has 0 bridgehead atoms. The zero-order valence-electron chi connectivity index (χ0n) is 15.2. The summed E-state index contributed by atoms with van der Waals surface area (Å²) in [5.41, 5.74) is 2.18. The van der Waals surface area contributed by atoms with E-state index < -0.39 is 5.97 Å². The number of carbonyl (C=O) groups excluding carboxylic acids is 2. The highest BCUT2D eigenvalue weighted by atomic mass is 16.5. The van der Waals surface area contributed by atoms with Gasteiger partial charge >= 0.3 is 5.97 Å². The second kappa shape index (κ2) is 9.00. The average molecular weight is 366 g/mol. The topological polar surface area (TPSA) is 71.6 Å². The number of benzene rings is 2. The maximum atomic E-state index is 12.5. The first-order chi connectivity index (χ1) is 13.2. The van der Waals surface area contributed by atoms with Crippen molar-refractivity contribution >= 4 is 22.8 Å². The number of aromatic nitrogens is 1. The smallest absolute Gasteiger partial charge is 0.355 e. The lowest BCUT2D eigenvalue weighted by atomic mass is 10.2. The number of rotatable bonds is 8. The summed E-state index contributed by atoms with van der Waals surface area (Å²) in [5.74, 6) is -0.814. The molecule has 0 fully saturated rings. The van der Waals surface area contributed by atoms with Gasteiger partial charge in [-0.05, 0) is 17.7 Å². The van der Waals surface area contributed by atoms with Crippen molar-refractivity contribution in [3.05, 3.63) is 71.9 Å². The number of nitrogens with zero attached hydrogens (tertiary/aromatic N) is 1. The third-order valence-electron chi connectivity index (χ3n) is 4.21. The van der Waals surface area contributed by atoms with Crippen LogP contribution in [0.4, 0.5) is 0 Å². The van der Waals surface area contributed by atoms with Gasteiger partial charge in [0.15, 0.2) is 6.61 Å². The van der Waals surface area contributed by atoms with Gasteiger partial charge in [0.25, 0.3) is 5.91 Å². The normalized spacial score (nSPS) is 10.7. The Balaban J connectivity index is 1.61. The highest BCUT2D eigenvalue weighted by Gasteiger charge is 2.18. The third-order valence-corrected chi connectivity index (χ3v) is 4.21. The van der Waals surface area contributed by atoms with Crippen LogP contribution >= 0.6 is 0 Å². The number of ether oxygens (including phenoxy) is 2. The Bertz CT molecular complexity index is 872. The predicted octanol–water partition coefficient (Wildman–Crippen LogP) is 3.00. The van der Waals surface area contributed by atoms with Crippen LogP contribution in [0.2, 0.25) is 0 Å². The zero-order chi connectivity index (χ0) is 19.1. The van der Waals surface area contributed by atoms with Gasteiger partial charge in [0.1, 0.15) is 5.69 Å². The number of H-pyrrole nitrogens is 1. The van der Waals surface area contributed by atoms with Crippen LogP contribution in [0.3, 0.4) is 0 Å². The highest BCUT2D eigenvalue weighted by molar-refractivity contribution is 5.95. The first-order valence-electron chi connectivity index (χ1n) is 8.73. The van der Waals surface area contributed by atoms with E-state index in [2.05, 4.69) is 4.98 Å². The Morgan fingerprint density at radius 3 is 2.52 bits per heavy atom. The molecule has 1 heterocycles. The number of nitrogens with one attached hydrogen (secondary N) is 1. The van der Waals surface area contributed by atoms with Gasteiger partial charge < -0.3 is 19.4 Å². The van der Waals surface area contributed by atoms with Gasteiger partial charge in [0.05, 0.1) is 6.61 Å². The van der Waals surface area contributed by atoms with Gasteiger partial charge in [-0.15, -0.1) is 0 Å². The van der Waals surface area contributed by atoms with Crippen molar-refractivity contribution in [2.24, 2.45) is 0 Å². The summed E-state index contributed by atoms with van der Waals surface area (Å²) in [6.07, 6.45) is 0. The number of esters is 1. The number of para-hydroxylation sites is 1. The number of methoxy groups -OCH3 is 1. The maximum Gasteiger partial charge on any atom is 0.355 e. The van der Waals surface area contributed by atoms with Crippen LogP contribution in [-0.4, -0.2) is 48.6 Å². The fourth-order valence-electron chi connectivity index (χ4n) is 2.78. The number of fused-ring (bicyclic) bond motifs is 1. The van der Waals surface area contributed by atoms with Gasteiger partial charge in [0, 0.05) is 31.1 Å². The summed E-state index contributed by atoms with van der Waals surface area (Å²) >= 11 is 0. The van der Waals surface area contributed by atoms with Gasteiger partial charge in [-0.2, -0.15) is 0 Å². The van der Waals surface area contributed by atoms with E-state index in [0.717, 1.165) is 16.5 Å². The molecule has 27 heavy (non-hydrogen) atoms. The van der Waals surface area contributed by atoms with E-state index in [4.69, 9.17) is 9.47 Å². The molecule has 6 nitrogen and oxygen atoms in total. The molecule has 0 aliphatic heterocycles. The van der Waals surface area contributed by atoms with Crippen LogP contribution in [0.5, 0.6) is 0 Å². The molecule has 0 radical (unpaired) electrons. The SMILES string of the molecule is COCCN(Cc1ccccc1)C(=O)COC(=O)c1cc2ccccc2[nH]1. The Morgan fingerprint density at radius 1 is 1.04 bits per heavy atom. The largest absolute Gasteiger partial charge is 0.451 e. The summed E-state index contributed by atoms with van der Waals surface area (Å²) in [6, 6.07) is 18.9. The Hall–Kier alpha value is -3.12. The fourth-order valence-corrected chi connectivity index (χ4v) is 2.78. The van der Waals surface area contributed by atoms with Crippen molar-refractivity contribution in [1.29, 1.82) is 0 Å². The van der Waals surface area contributed by atoms with Crippen molar-refractivity contribution in [3.63, 3.8) is 0 Å². The number of amides is 1. The molecule has 0 saturated heterocycles. The van der Waals surface area contributed by atoms with Crippen LogP contribution in [0, 0.1) is 0 Å². The molecule has 140 valence electrons. The molecule has 1 amide bonds. The molecular formula is C21H22N2O4. The predicted molar refractivity (Wildman–Crippen MR) is 102 cm³/mol. The van der Waals surface area contributed by atoms with Crippen molar-refractivity contribution in [3.8, 4) is 0 Å². The summed E-state index contributed by atoms with van der Waals surface area (Å²) in [4.78, 5) is 29.4. The lowest BCUT2D eigenvalue weighted by molar-refractivity contribution is -0.135. The van der Waals surface area contributed by atoms with E-state index in [1.165, 1.54) is 0 Å². The monoisotopic (exact) mass is 366 g/mol. The molecule has 0 aliphatic carbocycles. The van der Waals surface area contributed by atoms with Gasteiger partial charge in [0.2, 0.25) is 0 Å². The molecule has 0 aliphatic rings. The lowest BCUT2D eigenvalue weighted by Crippen LogP contribution is -2.36. The molecule has 0 spiro atoms. The van der Waals surface area contributed by atoms with E-state index in [0.29, 0.717) is 25.4 Å². The molecule has 0 unspecified atom stereocenters. The number of aromatic amines is 1. The van der Waals surface area contributed by atoms with Crippen molar-refractivity contribution in [2.75, 3.05) is 26.9 Å². The molecule has 3 aromatic rings. The lowest BCUT2D eigenvalue weighted by Gasteiger charge is -2.22. The van der Waals surface area contributed by atoms with Crippen LogP contribution in [0.15, 0.2) is 60.7 Å². The minimum absolute atomic E-state index is 0.264. The average Bonchev–Trinajstić information content (AvgIpc) is 3.14. The molecule has 1 aromatic heterocycles. The van der Waals surface area contributed by atoms with Crippen LogP contribution in [0.25, 0.3) is 10.9 Å². The molecule has 0 saturated carbocycles. The second-order valence-corrected chi connectivity index (χ2v) is 6.14. The van der Waals surface area contributed by atoms with Gasteiger partial charge in [-0.1, -0.05) is 48.5 Å². The molecule has 0 atom stereocenters. The molecular weight excluding hydrogens is 344 g/mol. The van der Waals surface area contributed by atoms with Crippen LogP contribution in [0.1, 0.15) is 16.1 Å². The summed E-state index contributed by atoms with van der Waals surface area (Å²) in [5, 5.41) is 0.918. The van der Waals surface area contributed by atoms with E-state index >= 15 is 0 Å². The second-order valence-electron chi connectivity index (χ2n) is 6.14. The fraction of sp³-hybridized carbons (Fsp3) is 0.238. The Labute approximate surface area is 157 Å². The Kier molecular flexibility index (Phi) is 6.22. The molecule has 1 N–H and O–H groups in total. The Morgan fingerprint density at radius 2 is 1.78 bits per heavy atom. The number of hydrogen-bond donors (Lipinski definition) is 1. The minimum Gasteiger partial charge on any atom is -0.451 e. The summed E-state index contributed by atoms with van der Waals surface area (Å²) < 4.78 is 10.3. The first-order valence-corrected chi connectivity index (χ1v) is 8.73. The van der Waals surface area contributed by atoms with Gasteiger partial charge in [-0.3, -0.25) is 4.79 Å². The minimum atomic E-state index is -0.550. The molecule has 6 heteroatoms. The third kappa shape index (κ3) is 4.95. The van der Waals surface area contributed by atoms with Crippen molar-refractivity contribution < 1.29 is 19.1 Å². The summed E-state index contributed by atoms with van der Waals surface area (Å²) in [6.45, 7) is 0.959. The maximum absolute atomic E-state index is 12.5. The van der Waals surface area contributed by atoms with Crippen LogP contribution in [-0.2, 0) is 20.8 Å². The zero-order valence-corrected chi connectivity index (χ0v) is 15.2. The van der Waals surface area contributed by atoms with E-state index in [9.17, 15) is 9.59 Å². The number of hydrogen-bond acceptors (Lipinski definition) is 4. The first kappa shape index (κ1) is 18.7. The summed E-state index contributed by atoms with van der Waals surface area (Å²) in [7, 11) is 1.58. The van der Waals surface area contributed by atoms with E-state index in [-0.39, 0.29) is 12.5 Å². The van der Waals surface area contributed by atoms with E-state index in [1.54, 1.807) is 18.1 Å². The van der Waals surface area contributed by atoms with Crippen molar-refractivity contribution in [1.82, 2.24) is 9.88 Å². The van der Waals surface area contributed by atoms with E-state index in [1.807, 2.05) is 54.6 Å². The number of carbonyl (C=O) groups is 2. The standard InChI is InChI=1S/C21H22N2O4/c1-26-12-11-23(14-16-7-3-2-4-8-16)20(24)15-27-21(25)19-13-17-9-5-6-10-18(17)22-19/h2-10,13,22H,11-12,14-15H2,1H3. The highest BCUT2D eigenvalue weighted by Crippen LogP contribution is 2.15.